The molecule has 0 saturated carbocycles. The van der Waals surface area contributed by atoms with Crippen molar-refractivity contribution < 1.29 is 31.7 Å². The van der Waals surface area contributed by atoms with E-state index < -0.39 is 52.0 Å². The Morgan fingerprint density at radius 1 is 1.07 bits per heavy atom. The van der Waals surface area contributed by atoms with Crippen LogP contribution in [0.5, 0.6) is 0 Å². The van der Waals surface area contributed by atoms with E-state index in [0.717, 1.165) is 42.5 Å². The lowest BCUT2D eigenvalue weighted by atomic mass is 10.1. The van der Waals surface area contributed by atoms with Crippen LogP contribution in [-0.4, -0.2) is 25.7 Å². The van der Waals surface area contributed by atoms with E-state index in [1.807, 2.05) is 0 Å². The third-order valence-corrected chi connectivity index (χ3v) is 3.93. The van der Waals surface area contributed by atoms with Crippen LogP contribution in [0.4, 0.5) is 27.6 Å². The van der Waals surface area contributed by atoms with Crippen molar-refractivity contribution in [2.45, 2.75) is 12.7 Å². The first-order valence-electron chi connectivity index (χ1n) is 7.82. The van der Waals surface area contributed by atoms with E-state index in [9.17, 15) is 36.9 Å². The molecule has 0 aliphatic heterocycles. The highest BCUT2D eigenvalue weighted by molar-refractivity contribution is 6.08. The van der Waals surface area contributed by atoms with Crippen molar-refractivity contribution in [3.8, 4) is 0 Å². The van der Waals surface area contributed by atoms with Gasteiger partial charge in [0, 0.05) is 23.3 Å². The molecule has 150 valence electrons. The number of nitro benzene ring substituents is 1. The Hall–Kier alpha value is -3.70. The largest absolute Gasteiger partial charge is 0.435 e. The molecule has 0 aliphatic rings. The molecule has 1 heterocycles. The van der Waals surface area contributed by atoms with E-state index in [1.165, 1.54) is 0 Å². The second kappa shape index (κ2) is 7.37. The van der Waals surface area contributed by atoms with Crippen LogP contribution in [0.15, 0.2) is 42.5 Å². The van der Waals surface area contributed by atoms with E-state index in [-0.39, 0.29) is 15.9 Å². The van der Waals surface area contributed by atoms with Gasteiger partial charge in [-0.05, 0) is 24.3 Å². The fourth-order valence-corrected chi connectivity index (χ4v) is 2.56. The second-order valence-corrected chi connectivity index (χ2v) is 5.78. The van der Waals surface area contributed by atoms with Gasteiger partial charge in [-0.2, -0.15) is 13.2 Å². The summed E-state index contributed by atoms with van der Waals surface area (Å²) in [5.41, 5.74) is -4.04. The van der Waals surface area contributed by atoms with Crippen LogP contribution in [-0.2, 0) is 12.7 Å². The molecule has 0 amide bonds. The first-order valence-corrected chi connectivity index (χ1v) is 7.82. The molecule has 0 bridgehead atoms. The van der Waals surface area contributed by atoms with E-state index in [1.54, 1.807) is 0 Å². The van der Waals surface area contributed by atoms with Crippen molar-refractivity contribution in [1.29, 1.82) is 0 Å². The summed E-state index contributed by atoms with van der Waals surface area (Å²) in [5, 5.41) is 17.1. The van der Waals surface area contributed by atoms with Crippen molar-refractivity contribution in [2.24, 2.45) is 0 Å². The van der Waals surface area contributed by atoms with Crippen LogP contribution >= 0.6 is 0 Å². The van der Waals surface area contributed by atoms with E-state index in [0.29, 0.717) is 0 Å². The molecule has 0 fully saturated rings. The molecular weight excluding hydrogens is 403 g/mol. The van der Waals surface area contributed by atoms with Crippen LogP contribution in [0.3, 0.4) is 0 Å². The lowest BCUT2D eigenvalue weighted by molar-refractivity contribution is -0.384. The normalized spacial score (nSPS) is 11.5. The first-order chi connectivity index (χ1) is 13.6. The number of rotatable bonds is 5. The average Bonchev–Trinajstić information content (AvgIpc) is 3.08. The van der Waals surface area contributed by atoms with Gasteiger partial charge in [0.15, 0.2) is 11.4 Å². The molecule has 29 heavy (non-hydrogen) atoms. The molecule has 0 radical (unpaired) electrons. The topological polar surface area (TPSA) is 90.9 Å². The van der Waals surface area contributed by atoms with Crippen molar-refractivity contribution in [1.82, 2.24) is 15.0 Å². The Labute approximate surface area is 158 Å². The molecule has 3 aromatic rings. The number of carbonyl (C=O) groups excluding carboxylic acids is 1. The predicted octanol–water partition coefficient (Wildman–Crippen LogP) is 3.76. The van der Waals surface area contributed by atoms with Crippen LogP contribution < -0.4 is 0 Å². The molecular formula is C17H9F5N4O3. The van der Waals surface area contributed by atoms with Gasteiger partial charge >= 0.3 is 6.18 Å². The number of alkyl halides is 3. The van der Waals surface area contributed by atoms with Gasteiger partial charge in [-0.1, -0.05) is 11.3 Å². The zero-order valence-corrected chi connectivity index (χ0v) is 14.2. The highest BCUT2D eigenvalue weighted by Crippen LogP contribution is 2.33. The molecule has 7 nitrogen and oxygen atoms in total. The lowest BCUT2D eigenvalue weighted by Gasteiger charge is -2.12. The Kier molecular flexibility index (Phi) is 5.10. The molecule has 0 atom stereocenters. The molecule has 12 heteroatoms. The minimum Gasteiger partial charge on any atom is -0.287 e. The van der Waals surface area contributed by atoms with Gasteiger partial charge in [0.25, 0.3) is 5.69 Å². The quantitative estimate of drug-likeness (QED) is 0.275. The van der Waals surface area contributed by atoms with Gasteiger partial charge in [-0.15, -0.1) is 5.10 Å². The number of hydrogen-bond acceptors (Lipinski definition) is 5. The van der Waals surface area contributed by atoms with Crippen molar-refractivity contribution >= 4 is 11.5 Å². The van der Waals surface area contributed by atoms with E-state index in [2.05, 4.69) is 10.3 Å². The maximum atomic E-state index is 13.8. The number of benzene rings is 2. The molecule has 0 aliphatic carbocycles. The van der Waals surface area contributed by atoms with Gasteiger partial charge in [-0.25, -0.2) is 13.5 Å². The third-order valence-electron chi connectivity index (χ3n) is 3.93. The summed E-state index contributed by atoms with van der Waals surface area (Å²) in [6, 6.07) is 6.60. The number of ketones is 1. The minimum absolute atomic E-state index is 0.181. The van der Waals surface area contributed by atoms with E-state index >= 15 is 0 Å². The van der Waals surface area contributed by atoms with Gasteiger partial charge in [0.05, 0.1) is 11.5 Å². The SMILES string of the molecule is O=C(c1ccc([N+](=O)[O-])cc1)c1nnn(Cc2c(F)cccc2F)c1C(F)(F)F. The smallest absolute Gasteiger partial charge is 0.287 e. The standard InChI is InChI=1S/C17H9F5N4O3/c18-12-2-1-3-13(19)11(12)8-25-16(17(20,21)22)14(23-24-25)15(27)9-4-6-10(7-5-9)26(28)29/h1-7H,8H2. The number of non-ortho nitro benzene ring substituents is 1. The number of hydrogen-bond donors (Lipinski definition) is 0. The number of nitrogens with zero attached hydrogens (tertiary/aromatic N) is 4. The Balaban J connectivity index is 2.04. The number of carbonyl (C=O) groups is 1. The summed E-state index contributed by atoms with van der Waals surface area (Å²) in [5.74, 6) is -3.37. The Bertz CT molecular complexity index is 1070. The third kappa shape index (κ3) is 3.95. The molecule has 2 aromatic carbocycles. The number of nitro groups is 1. The fourth-order valence-electron chi connectivity index (χ4n) is 2.56. The maximum absolute atomic E-state index is 13.8. The van der Waals surface area contributed by atoms with Crippen molar-refractivity contribution in [3.05, 3.63) is 86.7 Å². The van der Waals surface area contributed by atoms with Gasteiger partial charge in [-0.3, -0.25) is 14.9 Å². The Morgan fingerprint density at radius 2 is 1.66 bits per heavy atom. The molecule has 0 unspecified atom stereocenters. The van der Waals surface area contributed by atoms with Gasteiger partial charge < -0.3 is 0 Å². The molecule has 0 N–H and O–H groups in total. The predicted molar refractivity (Wildman–Crippen MR) is 87.0 cm³/mol. The molecule has 0 saturated heterocycles. The Morgan fingerprint density at radius 3 is 2.17 bits per heavy atom. The zero-order valence-electron chi connectivity index (χ0n) is 14.2. The molecule has 1 aromatic heterocycles. The summed E-state index contributed by atoms with van der Waals surface area (Å²) in [6.45, 7) is -0.951. The van der Waals surface area contributed by atoms with Crippen LogP contribution in [0.25, 0.3) is 0 Å². The van der Waals surface area contributed by atoms with Crippen LogP contribution in [0, 0.1) is 21.7 Å². The zero-order chi connectivity index (χ0) is 21.3. The van der Waals surface area contributed by atoms with Crippen LogP contribution in [0.2, 0.25) is 0 Å². The van der Waals surface area contributed by atoms with Gasteiger partial charge in [0.2, 0.25) is 5.78 Å². The second-order valence-electron chi connectivity index (χ2n) is 5.78. The maximum Gasteiger partial charge on any atom is 0.435 e. The number of halogens is 5. The molecule has 0 spiro atoms. The van der Waals surface area contributed by atoms with Gasteiger partial charge in [0.1, 0.15) is 11.6 Å². The van der Waals surface area contributed by atoms with Crippen molar-refractivity contribution in [3.63, 3.8) is 0 Å². The fraction of sp³-hybridized carbons (Fsp3) is 0.118. The van der Waals surface area contributed by atoms with Crippen LogP contribution in [0.1, 0.15) is 27.3 Å². The number of aromatic nitrogens is 3. The highest BCUT2D eigenvalue weighted by Gasteiger charge is 2.42. The highest BCUT2D eigenvalue weighted by atomic mass is 19.4. The summed E-state index contributed by atoms with van der Waals surface area (Å²) in [4.78, 5) is 22.4. The van der Waals surface area contributed by atoms with Crippen molar-refractivity contribution in [2.75, 3.05) is 0 Å². The first kappa shape index (κ1) is 20.0. The van der Waals surface area contributed by atoms with E-state index in [4.69, 9.17) is 0 Å². The monoisotopic (exact) mass is 412 g/mol. The lowest BCUT2D eigenvalue weighted by Crippen LogP contribution is -2.20. The summed E-state index contributed by atoms with van der Waals surface area (Å²) in [6.07, 6.45) is -5.11. The minimum atomic E-state index is -5.11. The summed E-state index contributed by atoms with van der Waals surface area (Å²) >= 11 is 0. The average molecular weight is 412 g/mol. The summed E-state index contributed by atoms with van der Waals surface area (Å²) in [7, 11) is 0. The molecule has 3 rings (SSSR count). The summed E-state index contributed by atoms with van der Waals surface area (Å²) < 4.78 is 68.5.